The minimum absolute atomic E-state index is 0. The number of allylic oxidation sites excluding steroid dienone is 2. The van der Waals surface area contributed by atoms with Gasteiger partial charge in [0, 0.05) is 69.6 Å². The van der Waals surface area contributed by atoms with Crippen LogP contribution in [0.15, 0.2) is 72.4 Å². The van der Waals surface area contributed by atoms with Crippen LogP contribution in [0.3, 0.4) is 0 Å². The third-order valence-corrected chi connectivity index (χ3v) is 6.19. The van der Waals surface area contributed by atoms with E-state index in [9.17, 15) is 13.2 Å². The van der Waals surface area contributed by atoms with E-state index in [-0.39, 0.29) is 34.7 Å². The molecule has 1 atom stereocenters. The van der Waals surface area contributed by atoms with Crippen LogP contribution in [0.25, 0.3) is 0 Å². The molecule has 1 unspecified atom stereocenters. The summed E-state index contributed by atoms with van der Waals surface area (Å²) in [4.78, 5) is 2.01. The van der Waals surface area contributed by atoms with Crippen LogP contribution in [0.2, 0.25) is 0 Å². The zero-order chi connectivity index (χ0) is 26.5. The van der Waals surface area contributed by atoms with Gasteiger partial charge in [0.05, 0.1) is 7.11 Å². The number of hydrogen-bond acceptors (Lipinski definition) is 4. The molecule has 3 aromatic rings. The molecule has 0 amide bonds. The second-order valence-electron chi connectivity index (χ2n) is 8.42. The molecule has 0 saturated heterocycles. The second kappa shape index (κ2) is 12.6. The van der Waals surface area contributed by atoms with Crippen molar-refractivity contribution < 1.29 is 39.8 Å². The summed E-state index contributed by atoms with van der Waals surface area (Å²) >= 11 is 0. The number of aliphatic hydroxyl groups excluding tert-OH is 1. The van der Waals surface area contributed by atoms with Gasteiger partial charge in [0.25, 0.3) is 0 Å². The Labute approximate surface area is 224 Å². The van der Waals surface area contributed by atoms with Gasteiger partial charge in [0.1, 0.15) is 23.2 Å². The summed E-state index contributed by atoms with van der Waals surface area (Å²) in [5, 5.41) is 22.9. The Balaban J connectivity index is 0.000000408. The van der Waals surface area contributed by atoms with Gasteiger partial charge in [-0.05, 0) is 62.2 Å². The number of rotatable bonds is 6. The molecule has 197 valence electrons. The molecule has 1 radical (unpaired) electrons. The molecule has 0 aliphatic carbocycles. The molecule has 0 saturated carbocycles. The van der Waals surface area contributed by atoms with Gasteiger partial charge in [0.2, 0.25) is 5.90 Å². The number of hydrogen-bond donors (Lipinski definition) is 3. The van der Waals surface area contributed by atoms with Crippen LogP contribution in [0, 0.1) is 28.3 Å². The van der Waals surface area contributed by atoms with Gasteiger partial charge in [-0.3, -0.25) is 5.41 Å². The Morgan fingerprint density at radius 3 is 2.16 bits per heavy atom. The van der Waals surface area contributed by atoms with Crippen molar-refractivity contribution in [3.05, 3.63) is 107 Å². The third kappa shape index (κ3) is 6.23. The Bertz CT molecular complexity index is 1280. The number of benzene rings is 3. The number of aliphatic hydroxyl groups is 1. The van der Waals surface area contributed by atoms with Gasteiger partial charge in [-0.1, -0.05) is 18.2 Å². The number of methoxy groups -OCH3 is 1. The minimum Gasteiger partial charge on any atom is -0.497 e. The number of halogens is 3. The van der Waals surface area contributed by atoms with Gasteiger partial charge < -0.3 is 20.2 Å². The molecule has 37 heavy (non-hydrogen) atoms. The summed E-state index contributed by atoms with van der Waals surface area (Å²) in [5.41, 5.74) is 2.07. The van der Waals surface area contributed by atoms with Gasteiger partial charge in [-0.15, -0.1) is 0 Å². The molecule has 9 heteroatoms. The maximum atomic E-state index is 14.4. The van der Waals surface area contributed by atoms with Crippen molar-refractivity contribution in [1.29, 1.82) is 10.8 Å². The summed E-state index contributed by atoms with van der Waals surface area (Å²) in [6, 6.07) is 15.7. The fourth-order valence-corrected chi connectivity index (χ4v) is 4.45. The Morgan fingerprint density at radius 2 is 1.68 bits per heavy atom. The van der Waals surface area contributed by atoms with Crippen molar-refractivity contribution in [2.24, 2.45) is 0 Å². The minimum atomic E-state index is -0.946. The second-order valence-corrected chi connectivity index (χ2v) is 8.42. The standard InChI is InChI=1S/C21H21F3N2O.C7H7NO.Co/c1-4-26-19-6-5-14(27-3)11-16(19)21(2,20(26)7-8-25)12-15-17(23)9-13(22)10-18(15)24;8-7(9)6-4-2-1-3-5-6;/h5-11,25H,4,12H2,1-3H3;1-5H,(H2,8,9);/b20-7-,25-8?;;. The average Bonchev–Trinajstić information content (AvgIpc) is 3.09. The molecule has 0 spiro atoms. The van der Waals surface area contributed by atoms with E-state index < -0.39 is 22.9 Å². The molecule has 1 aliphatic heterocycles. The maximum absolute atomic E-state index is 14.4. The zero-order valence-electron chi connectivity index (χ0n) is 20.6. The fraction of sp³-hybridized carbons (Fsp3) is 0.214. The number of anilines is 1. The van der Waals surface area contributed by atoms with Crippen LogP contribution < -0.4 is 9.64 Å². The van der Waals surface area contributed by atoms with E-state index in [0.717, 1.165) is 23.2 Å². The SMILES string of the molecule is CCN1/C(=C\C=N)C(C)(Cc2c(F)cc(F)cc2F)c2cc(OC)ccc21.N=C(O)c1ccccc1.[Co]. The number of nitrogens with zero attached hydrogens (tertiary/aromatic N) is 1. The first kappa shape index (κ1) is 29.7. The number of nitrogens with one attached hydrogen (secondary N) is 2. The fourth-order valence-electron chi connectivity index (χ4n) is 4.45. The van der Waals surface area contributed by atoms with Gasteiger partial charge in [0.15, 0.2) is 0 Å². The predicted molar refractivity (Wildman–Crippen MR) is 136 cm³/mol. The van der Waals surface area contributed by atoms with Crippen LogP contribution in [0.5, 0.6) is 5.75 Å². The first-order chi connectivity index (χ1) is 17.2. The normalized spacial score (nSPS) is 16.8. The van der Waals surface area contributed by atoms with E-state index in [1.165, 1.54) is 0 Å². The van der Waals surface area contributed by atoms with E-state index >= 15 is 0 Å². The van der Waals surface area contributed by atoms with Crippen molar-refractivity contribution in [3.8, 4) is 5.75 Å². The van der Waals surface area contributed by atoms with Crippen LogP contribution >= 0.6 is 0 Å². The largest absolute Gasteiger partial charge is 0.497 e. The van der Waals surface area contributed by atoms with E-state index in [4.69, 9.17) is 20.7 Å². The Kier molecular flexibility index (Phi) is 10.1. The van der Waals surface area contributed by atoms with E-state index in [1.54, 1.807) is 37.5 Å². The van der Waals surface area contributed by atoms with Crippen LogP contribution in [-0.4, -0.2) is 30.9 Å². The quantitative estimate of drug-likeness (QED) is 0.239. The molecule has 4 rings (SSSR count). The summed E-state index contributed by atoms with van der Waals surface area (Å²) in [7, 11) is 1.55. The van der Waals surface area contributed by atoms with E-state index in [2.05, 4.69) is 0 Å². The van der Waals surface area contributed by atoms with Gasteiger partial charge in [-0.2, -0.15) is 0 Å². The summed E-state index contributed by atoms with van der Waals surface area (Å²) in [6.07, 6.45) is 2.79. The van der Waals surface area contributed by atoms with Crippen molar-refractivity contribution in [2.75, 3.05) is 18.6 Å². The Hall–Kier alpha value is -3.56. The van der Waals surface area contributed by atoms with Crippen LogP contribution in [0.1, 0.15) is 30.5 Å². The van der Waals surface area contributed by atoms with Crippen molar-refractivity contribution in [1.82, 2.24) is 0 Å². The van der Waals surface area contributed by atoms with Crippen molar-refractivity contribution in [2.45, 2.75) is 25.7 Å². The summed E-state index contributed by atoms with van der Waals surface area (Å²) < 4.78 is 47.4. The molecule has 1 heterocycles. The molecule has 1 aliphatic rings. The molecule has 0 fully saturated rings. The number of ether oxygens (including phenoxy) is 1. The first-order valence-corrected chi connectivity index (χ1v) is 11.3. The van der Waals surface area contributed by atoms with E-state index in [0.29, 0.717) is 30.0 Å². The monoisotopic (exact) mass is 554 g/mol. The molecule has 3 N–H and O–H groups in total. The molecule has 5 nitrogen and oxygen atoms in total. The summed E-state index contributed by atoms with van der Waals surface area (Å²) in [6.45, 7) is 4.47. The molecular formula is C28H28CoF3N3O2. The van der Waals surface area contributed by atoms with Crippen LogP contribution in [0.4, 0.5) is 18.9 Å². The number of likely N-dealkylation sites (N-methyl/N-ethyl adjacent to an activating group) is 1. The van der Waals surface area contributed by atoms with Gasteiger partial charge in [-0.25, -0.2) is 13.2 Å². The zero-order valence-corrected chi connectivity index (χ0v) is 21.7. The molecule has 0 bridgehead atoms. The van der Waals surface area contributed by atoms with Gasteiger partial charge >= 0.3 is 0 Å². The predicted octanol–water partition coefficient (Wildman–Crippen LogP) is 6.55. The molecular weight excluding hydrogens is 526 g/mol. The maximum Gasteiger partial charge on any atom is 0.210 e. The Morgan fingerprint density at radius 1 is 1.05 bits per heavy atom. The number of fused-ring (bicyclic) bond motifs is 1. The van der Waals surface area contributed by atoms with E-state index in [1.807, 2.05) is 43.0 Å². The molecule has 0 aromatic heterocycles. The molecule has 3 aromatic carbocycles. The average molecular weight is 554 g/mol. The van der Waals surface area contributed by atoms with Crippen molar-refractivity contribution in [3.63, 3.8) is 0 Å². The van der Waals surface area contributed by atoms with Crippen LogP contribution in [-0.2, 0) is 28.6 Å². The first-order valence-electron chi connectivity index (χ1n) is 11.3. The topological polar surface area (TPSA) is 80.4 Å². The third-order valence-electron chi connectivity index (χ3n) is 6.19. The smallest absolute Gasteiger partial charge is 0.210 e. The summed E-state index contributed by atoms with van der Waals surface area (Å²) in [5.74, 6) is -2.52. The van der Waals surface area contributed by atoms with Crippen molar-refractivity contribution >= 4 is 17.8 Å².